The Morgan fingerprint density at radius 3 is 1.57 bits per heavy atom. The minimum absolute atomic E-state index is 1.12. The zero-order chi connectivity index (χ0) is 33.7. The van der Waals surface area contributed by atoms with Crippen LogP contribution >= 0.6 is 0 Å². The van der Waals surface area contributed by atoms with Gasteiger partial charge >= 0.3 is 0 Å². The van der Waals surface area contributed by atoms with Crippen molar-refractivity contribution in [2.75, 3.05) is 0 Å². The van der Waals surface area contributed by atoms with Gasteiger partial charge in [-0.1, -0.05) is 140 Å². The average molecular weight is 649 g/mol. The molecule has 0 aliphatic rings. The lowest BCUT2D eigenvalue weighted by molar-refractivity contribution is 1.19. The van der Waals surface area contributed by atoms with Gasteiger partial charge in [-0.3, -0.25) is 4.98 Å². The van der Waals surface area contributed by atoms with Crippen molar-refractivity contribution in [3.05, 3.63) is 194 Å². The summed E-state index contributed by atoms with van der Waals surface area (Å²) in [6, 6.07) is 66.2. The summed E-state index contributed by atoms with van der Waals surface area (Å²) in [4.78, 5) is 4.33. The van der Waals surface area contributed by atoms with E-state index in [0.29, 0.717) is 0 Å². The molecule has 2 heterocycles. The first kappa shape index (κ1) is 29.2. The number of rotatable bonds is 5. The predicted octanol–water partition coefficient (Wildman–Crippen LogP) is 13.2. The van der Waals surface area contributed by atoms with Crippen molar-refractivity contribution in [2.24, 2.45) is 0 Å². The van der Waals surface area contributed by atoms with Gasteiger partial charge < -0.3 is 4.57 Å². The van der Waals surface area contributed by atoms with Gasteiger partial charge in [-0.25, -0.2) is 0 Å². The summed E-state index contributed by atoms with van der Waals surface area (Å²) in [5, 5.41) is 7.42. The maximum absolute atomic E-state index is 4.33. The molecule has 0 atom stereocenters. The summed E-state index contributed by atoms with van der Waals surface area (Å²) in [5.74, 6) is 0. The second kappa shape index (κ2) is 12.0. The summed E-state index contributed by atoms with van der Waals surface area (Å²) >= 11 is 0. The van der Waals surface area contributed by atoms with Gasteiger partial charge in [0.25, 0.3) is 0 Å². The Labute approximate surface area is 296 Å². The summed E-state index contributed by atoms with van der Waals surface area (Å²) in [6.07, 6.45) is 3.74. The van der Waals surface area contributed by atoms with E-state index in [4.69, 9.17) is 0 Å². The average Bonchev–Trinajstić information content (AvgIpc) is 3.55. The third-order valence-electron chi connectivity index (χ3n) is 10.3. The summed E-state index contributed by atoms with van der Waals surface area (Å²) in [5.41, 5.74) is 13.2. The topological polar surface area (TPSA) is 17.8 Å². The van der Waals surface area contributed by atoms with Crippen LogP contribution in [0.3, 0.4) is 0 Å². The van der Waals surface area contributed by atoms with Gasteiger partial charge in [-0.05, 0) is 97.6 Å². The fourth-order valence-electron chi connectivity index (χ4n) is 7.67. The van der Waals surface area contributed by atoms with Gasteiger partial charge in [0.2, 0.25) is 0 Å². The van der Waals surface area contributed by atoms with Gasteiger partial charge in [0.15, 0.2) is 0 Å². The third kappa shape index (κ3) is 5.08. The van der Waals surface area contributed by atoms with Crippen molar-refractivity contribution in [1.82, 2.24) is 9.55 Å². The van der Waals surface area contributed by atoms with Crippen LogP contribution in [0.25, 0.3) is 93.5 Å². The van der Waals surface area contributed by atoms with E-state index in [1.54, 1.807) is 0 Å². The minimum atomic E-state index is 1.12. The molecule has 0 aliphatic carbocycles. The Kier molecular flexibility index (Phi) is 6.85. The Balaban J connectivity index is 1.11. The van der Waals surface area contributed by atoms with E-state index in [9.17, 15) is 0 Å². The second-order valence-electron chi connectivity index (χ2n) is 13.3. The standard InChI is InChI=1S/C49H32N2/c1-3-8-33(9-4-1)34-13-15-35(16-14-34)37-21-24-45-41(28-37)23-26-47-46-25-22-40(31-48(46)51(49(45)47)44-11-5-2-6-12-44)38-19-17-36-18-20-39(30-43(36)29-38)42-10-7-27-50-32-42/h1-32H. The van der Waals surface area contributed by atoms with Gasteiger partial charge in [0.05, 0.1) is 11.0 Å². The van der Waals surface area contributed by atoms with Crippen molar-refractivity contribution in [3.63, 3.8) is 0 Å². The molecule has 2 nitrogen and oxygen atoms in total. The largest absolute Gasteiger partial charge is 0.309 e. The van der Waals surface area contributed by atoms with Crippen LogP contribution in [0.5, 0.6) is 0 Å². The number of benzene rings is 8. The minimum Gasteiger partial charge on any atom is -0.309 e. The highest BCUT2D eigenvalue weighted by Gasteiger charge is 2.17. The number of hydrogen-bond donors (Lipinski definition) is 0. The number of para-hydroxylation sites is 1. The van der Waals surface area contributed by atoms with Crippen molar-refractivity contribution in [2.45, 2.75) is 0 Å². The molecule has 0 saturated heterocycles. The molecule has 0 radical (unpaired) electrons. The van der Waals surface area contributed by atoms with Crippen molar-refractivity contribution in [1.29, 1.82) is 0 Å². The van der Waals surface area contributed by atoms with Gasteiger partial charge in [0, 0.05) is 39.8 Å². The molecule has 0 N–H and O–H groups in total. The van der Waals surface area contributed by atoms with Crippen molar-refractivity contribution < 1.29 is 0 Å². The Morgan fingerprint density at radius 2 is 0.843 bits per heavy atom. The van der Waals surface area contributed by atoms with Crippen LogP contribution in [0.2, 0.25) is 0 Å². The molecule has 0 spiro atoms. The van der Waals surface area contributed by atoms with Crippen LogP contribution in [0, 0.1) is 0 Å². The Hall–Kier alpha value is -6.77. The van der Waals surface area contributed by atoms with E-state index in [1.165, 1.54) is 82.3 Å². The molecule has 0 aliphatic heterocycles. The first-order valence-electron chi connectivity index (χ1n) is 17.4. The maximum atomic E-state index is 4.33. The molecular weight excluding hydrogens is 617 g/mol. The molecule has 238 valence electrons. The van der Waals surface area contributed by atoms with Gasteiger partial charge in [-0.15, -0.1) is 0 Å². The fraction of sp³-hybridized carbons (Fsp3) is 0. The van der Waals surface area contributed by atoms with Crippen LogP contribution in [-0.2, 0) is 0 Å². The second-order valence-corrected chi connectivity index (χ2v) is 13.3. The quantitative estimate of drug-likeness (QED) is 0.182. The van der Waals surface area contributed by atoms with E-state index in [-0.39, 0.29) is 0 Å². The molecule has 10 rings (SSSR count). The number of hydrogen-bond acceptors (Lipinski definition) is 1. The van der Waals surface area contributed by atoms with Crippen LogP contribution in [0.4, 0.5) is 0 Å². The Morgan fingerprint density at radius 1 is 0.333 bits per heavy atom. The first-order valence-corrected chi connectivity index (χ1v) is 17.4. The molecule has 0 unspecified atom stereocenters. The zero-order valence-electron chi connectivity index (χ0n) is 27.9. The summed E-state index contributed by atoms with van der Waals surface area (Å²) in [6.45, 7) is 0. The molecule has 2 aromatic heterocycles. The smallest absolute Gasteiger partial charge is 0.0619 e. The highest BCUT2D eigenvalue weighted by atomic mass is 15.0. The highest BCUT2D eigenvalue weighted by molar-refractivity contribution is 6.19. The molecule has 0 amide bonds. The molecule has 10 aromatic rings. The SMILES string of the molecule is c1ccc(-c2ccc(-c3ccc4c(ccc5c6ccc(-c7ccc8ccc(-c9cccnc9)cc8c7)cc6n(-c6ccccc6)c45)c3)cc2)cc1. The van der Waals surface area contributed by atoms with Crippen LogP contribution in [0.15, 0.2) is 194 Å². The van der Waals surface area contributed by atoms with Crippen molar-refractivity contribution in [3.8, 4) is 50.2 Å². The normalized spacial score (nSPS) is 11.5. The lowest BCUT2D eigenvalue weighted by Crippen LogP contribution is -1.94. The lowest BCUT2D eigenvalue weighted by Gasteiger charge is -2.12. The third-order valence-corrected chi connectivity index (χ3v) is 10.3. The molecular formula is C49H32N2. The number of aromatic nitrogens is 2. The van der Waals surface area contributed by atoms with E-state index < -0.39 is 0 Å². The van der Waals surface area contributed by atoms with Crippen LogP contribution in [0.1, 0.15) is 0 Å². The molecule has 0 saturated carbocycles. The lowest BCUT2D eigenvalue weighted by atomic mass is 9.97. The monoisotopic (exact) mass is 648 g/mol. The van der Waals surface area contributed by atoms with E-state index in [1.807, 2.05) is 18.5 Å². The summed E-state index contributed by atoms with van der Waals surface area (Å²) < 4.78 is 2.45. The first-order chi connectivity index (χ1) is 25.3. The van der Waals surface area contributed by atoms with Crippen molar-refractivity contribution >= 4 is 43.4 Å². The zero-order valence-corrected chi connectivity index (χ0v) is 27.9. The Bertz CT molecular complexity index is 2870. The van der Waals surface area contributed by atoms with Crippen LogP contribution in [-0.4, -0.2) is 9.55 Å². The molecule has 2 heteroatoms. The van der Waals surface area contributed by atoms with E-state index in [2.05, 4.69) is 185 Å². The van der Waals surface area contributed by atoms with Crippen LogP contribution < -0.4 is 0 Å². The number of fused-ring (bicyclic) bond motifs is 6. The molecule has 0 bridgehead atoms. The predicted molar refractivity (Wildman–Crippen MR) is 215 cm³/mol. The summed E-state index contributed by atoms with van der Waals surface area (Å²) in [7, 11) is 0. The van der Waals surface area contributed by atoms with Gasteiger partial charge in [-0.2, -0.15) is 0 Å². The fourth-order valence-corrected chi connectivity index (χ4v) is 7.67. The highest BCUT2D eigenvalue weighted by Crippen LogP contribution is 2.40. The van der Waals surface area contributed by atoms with E-state index >= 15 is 0 Å². The molecule has 51 heavy (non-hydrogen) atoms. The van der Waals surface area contributed by atoms with E-state index in [0.717, 1.165) is 11.3 Å². The number of pyridine rings is 1. The number of nitrogens with zero attached hydrogens (tertiary/aromatic N) is 2. The van der Waals surface area contributed by atoms with Gasteiger partial charge in [0.1, 0.15) is 0 Å². The maximum Gasteiger partial charge on any atom is 0.0619 e. The molecule has 0 fully saturated rings. The molecule has 8 aromatic carbocycles.